The van der Waals surface area contributed by atoms with Crippen molar-refractivity contribution in [3.05, 3.63) is 29.8 Å². The molecule has 0 spiro atoms. The van der Waals surface area contributed by atoms with Crippen LogP contribution in [0.1, 0.15) is 83.7 Å². The number of rotatable bonds is 9. The first-order valence-electron chi connectivity index (χ1n) is 12.6. The third-order valence-electron chi connectivity index (χ3n) is 6.25. The van der Waals surface area contributed by atoms with Gasteiger partial charge in [0.25, 0.3) is 0 Å². The van der Waals surface area contributed by atoms with Gasteiger partial charge in [-0.15, -0.1) is 0 Å². The molecule has 36 heavy (non-hydrogen) atoms. The molecule has 3 rings (SSSR count). The van der Waals surface area contributed by atoms with Gasteiger partial charge in [0.05, 0.1) is 6.42 Å². The van der Waals surface area contributed by atoms with Gasteiger partial charge in [-0.2, -0.15) is 0 Å². The van der Waals surface area contributed by atoms with Crippen molar-refractivity contribution in [3.63, 3.8) is 0 Å². The van der Waals surface area contributed by atoms with Gasteiger partial charge in [0.15, 0.2) is 0 Å². The average Bonchev–Trinajstić information content (AvgIpc) is 3.60. The van der Waals surface area contributed by atoms with Crippen LogP contribution >= 0.6 is 0 Å². The Hall–Kier alpha value is -3.30. The zero-order valence-electron chi connectivity index (χ0n) is 21.3. The predicted molar refractivity (Wildman–Crippen MR) is 133 cm³/mol. The normalized spacial score (nSPS) is 18.0. The number of phenolic OH excluding ortho intramolecular Hbond substituents is 1. The smallest absolute Gasteiger partial charge is 0.408 e. The largest absolute Gasteiger partial charge is 0.508 e. The van der Waals surface area contributed by atoms with Gasteiger partial charge in [-0.3, -0.25) is 14.4 Å². The number of carbonyl (C=O) groups excluding carboxylic acids is 4. The number of hydrogen-bond acceptors (Lipinski definition) is 6. The molecule has 0 heterocycles. The van der Waals surface area contributed by atoms with Crippen molar-refractivity contribution in [1.82, 2.24) is 15.5 Å². The average molecular weight is 503 g/mol. The molecule has 0 aliphatic heterocycles. The van der Waals surface area contributed by atoms with Crippen molar-refractivity contribution in [2.45, 2.75) is 102 Å². The number of carbonyl (C=O) groups is 4. The van der Waals surface area contributed by atoms with E-state index in [1.807, 2.05) is 0 Å². The summed E-state index contributed by atoms with van der Waals surface area (Å²) < 4.78 is 5.28. The van der Waals surface area contributed by atoms with Crippen LogP contribution in [0.4, 0.5) is 4.79 Å². The van der Waals surface area contributed by atoms with E-state index < -0.39 is 42.0 Å². The van der Waals surface area contributed by atoms with Gasteiger partial charge < -0.3 is 31.1 Å². The summed E-state index contributed by atoms with van der Waals surface area (Å²) in [6.07, 6.45) is 4.93. The van der Waals surface area contributed by atoms with Gasteiger partial charge >= 0.3 is 6.09 Å². The highest BCUT2D eigenvalue weighted by Gasteiger charge is 2.44. The van der Waals surface area contributed by atoms with Crippen molar-refractivity contribution < 1.29 is 29.0 Å². The van der Waals surface area contributed by atoms with E-state index in [0.717, 1.165) is 32.1 Å². The van der Waals surface area contributed by atoms with Crippen molar-refractivity contribution in [2.24, 2.45) is 5.73 Å². The highest BCUT2D eigenvalue weighted by molar-refractivity contribution is 5.95. The first-order chi connectivity index (χ1) is 16.9. The predicted octanol–water partition coefficient (Wildman–Crippen LogP) is 2.64. The Balaban J connectivity index is 1.93. The van der Waals surface area contributed by atoms with E-state index in [1.54, 1.807) is 32.9 Å². The Morgan fingerprint density at radius 1 is 1.11 bits per heavy atom. The Bertz CT molecular complexity index is 965. The summed E-state index contributed by atoms with van der Waals surface area (Å²) in [7, 11) is 0. The number of amides is 4. The lowest BCUT2D eigenvalue weighted by Gasteiger charge is -2.35. The van der Waals surface area contributed by atoms with E-state index in [0.29, 0.717) is 18.4 Å². The maximum absolute atomic E-state index is 13.9. The number of primary amides is 1. The highest BCUT2D eigenvalue weighted by Crippen LogP contribution is 2.37. The van der Waals surface area contributed by atoms with Crippen molar-refractivity contribution in [2.75, 3.05) is 0 Å². The first kappa shape index (κ1) is 27.3. The van der Waals surface area contributed by atoms with Gasteiger partial charge in [-0.25, -0.2) is 4.79 Å². The van der Waals surface area contributed by atoms with Crippen LogP contribution in [0.5, 0.6) is 5.75 Å². The molecule has 0 saturated heterocycles. The molecule has 10 nitrogen and oxygen atoms in total. The van der Waals surface area contributed by atoms with Crippen LogP contribution in [-0.2, 0) is 19.1 Å². The van der Waals surface area contributed by atoms with Crippen LogP contribution in [0.25, 0.3) is 0 Å². The Morgan fingerprint density at radius 2 is 1.78 bits per heavy atom. The van der Waals surface area contributed by atoms with Gasteiger partial charge in [-0.05, 0) is 64.2 Å². The molecule has 0 aromatic heterocycles. The van der Waals surface area contributed by atoms with E-state index in [9.17, 15) is 24.3 Å². The minimum atomic E-state index is -1.31. The van der Waals surface area contributed by atoms with Gasteiger partial charge in [0.1, 0.15) is 23.4 Å². The Labute approximate surface area is 211 Å². The second kappa shape index (κ2) is 11.6. The second-order valence-corrected chi connectivity index (χ2v) is 10.7. The quantitative estimate of drug-likeness (QED) is 0.407. The minimum Gasteiger partial charge on any atom is -0.508 e. The van der Waals surface area contributed by atoms with E-state index in [1.165, 1.54) is 17.0 Å². The summed E-state index contributed by atoms with van der Waals surface area (Å²) in [5, 5.41) is 15.7. The third kappa shape index (κ3) is 7.86. The number of nitrogens with zero attached hydrogens (tertiary/aromatic N) is 1. The molecule has 2 unspecified atom stereocenters. The molecule has 0 bridgehead atoms. The summed E-state index contributed by atoms with van der Waals surface area (Å²) in [4.78, 5) is 53.3. The lowest BCUT2D eigenvalue weighted by Crippen LogP contribution is -2.55. The number of nitrogens with one attached hydrogen (secondary N) is 2. The number of aromatic hydroxyl groups is 1. The lowest BCUT2D eigenvalue weighted by atomic mass is 9.94. The van der Waals surface area contributed by atoms with Crippen LogP contribution in [0.3, 0.4) is 0 Å². The molecule has 2 fully saturated rings. The van der Waals surface area contributed by atoms with Crippen LogP contribution in [0, 0.1) is 0 Å². The SMILES string of the molecule is CC(C)(C)OC(=O)NC(CC(N)=O)C(=O)N(C1CC1)C(C(=O)NC1CCCCC1)c1cccc(O)c1. The monoisotopic (exact) mass is 502 g/mol. The van der Waals surface area contributed by atoms with Crippen molar-refractivity contribution in [1.29, 1.82) is 0 Å². The van der Waals surface area contributed by atoms with Crippen molar-refractivity contribution >= 4 is 23.8 Å². The van der Waals surface area contributed by atoms with Gasteiger partial charge in [-0.1, -0.05) is 31.4 Å². The number of alkyl carbamates (subject to hydrolysis) is 1. The number of hydrogen-bond donors (Lipinski definition) is 4. The topological polar surface area (TPSA) is 151 Å². The van der Waals surface area contributed by atoms with Gasteiger partial charge in [0, 0.05) is 12.1 Å². The van der Waals surface area contributed by atoms with Crippen LogP contribution in [-0.4, -0.2) is 57.5 Å². The fourth-order valence-electron chi connectivity index (χ4n) is 4.56. The fourth-order valence-corrected chi connectivity index (χ4v) is 4.56. The summed E-state index contributed by atoms with van der Waals surface area (Å²) >= 11 is 0. The molecule has 10 heteroatoms. The summed E-state index contributed by atoms with van der Waals surface area (Å²) in [5.74, 6) is -1.77. The van der Waals surface area contributed by atoms with Crippen LogP contribution in [0.2, 0.25) is 0 Å². The van der Waals surface area contributed by atoms with Gasteiger partial charge in [0.2, 0.25) is 17.7 Å². The summed E-state index contributed by atoms with van der Waals surface area (Å²) in [5.41, 5.74) is 5.03. The van der Waals surface area contributed by atoms with E-state index >= 15 is 0 Å². The number of phenols is 1. The molecule has 2 aliphatic rings. The van der Waals surface area contributed by atoms with E-state index in [2.05, 4.69) is 10.6 Å². The molecule has 1 aromatic rings. The molecule has 2 aliphatic carbocycles. The Kier molecular flexibility index (Phi) is 8.81. The highest BCUT2D eigenvalue weighted by atomic mass is 16.6. The first-order valence-corrected chi connectivity index (χ1v) is 12.6. The number of benzene rings is 1. The second-order valence-electron chi connectivity index (χ2n) is 10.7. The third-order valence-corrected chi connectivity index (χ3v) is 6.25. The number of nitrogens with two attached hydrogens (primary N) is 1. The molecule has 2 saturated carbocycles. The molecule has 198 valence electrons. The maximum atomic E-state index is 13.9. The molecular formula is C26H38N4O6. The Morgan fingerprint density at radius 3 is 2.33 bits per heavy atom. The molecule has 4 amide bonds. The number of ether oxygens (including phenoxy) is 1. The maximum Gasteiger partial charge on any atom is 0.408 e. The van der Waals surface area contributed by atoms with Crippen LogP contribution < -0.4 is 16.4 Å². The molecule has 5 N–H and O–H groups in total. The summed E-state index contributed by atoms with van der Waals surface area (Å²) in [6.45, 7) is 5.05. The van der Waals surface area contributed by atoms with E-state index in [-0.39, 0.29) is 23.7 Å². The molecule has 1 aromatic carbocycles. The molecule has 0 radical (unpaired) electrons. The standard InChI is InChI=1S/C26H38N4O6/c1-26(2,3)36-25(35)29-20(15-21(27)32)24(34)30(18-12-13-18)22(16-8-7-11-19(31)14-16)23(33)28-17-9-5-4-6-10-17/h7-8,11,14,17-18,20,22,31H,4-6,9-10,12-13,15H2,1-3H3,(H2,27,32)(H,28,33)(H,29,35). The zero-order chi connectivity index (χ0) is 26.5. The molecular weight excluding hydrogens is 464 g/mol. The fraction of sp³-hybridized carbons (Fsp3) is 0.615. The zero-order valence-corrected chi connectivity index (χ0v) is 21.3. The lowest BCUT2D eigenvalue weighted by molar-refractivity contribution is -0.144. The van der Waals surface area contributed by atoms with E-state index in [4.69, 9.17) is 10.5 Å². The van der Waals surface area contributed by atoms with Crippen molar-refractivity contribution in [3.8, 4) is 5.75 Å². The molecule has 2 atom stereocenters. The van der Waals surface area contributed by atoms with Crippen LogP contribution in [0.15, 0.2) is 24.3 Å². The summed E-state index contributed by atoms with van der Waals surface area (Å²) in [6, 6.07) is 3.64. The minimum absolute atomic E-state index is 0.00326.